The molecule has 1 aliphatic heterocycles. The van der Waals surface area contributed by atoms with Crippen LogP contribution in [0.1, 0.15) is 49.3 Å². The third-order valence-electron chi connectivity index (χ3n) is 4.71. The lowest BCUT2D eigenvalue weighted by Crippen LogP contribution is -2.32. The van der Waals surface area contributed by atoms with Crippen molar-refractivity contribution in [1.29, 1.82) is 0 Å². The summed E-state index contributed by atoms with van der Waals surface area (Å²) in [6.07, 6.45) is 3.17. The van der Waals surface area contributed by atoms with Gasteiger partial charge in [0.1, 0.15) is 0 Å². The number of likely N-dealkylation sites (tertiary alicyclic amines) is 1. The molecule has 0 aliphatic carbocycles. The number of hydrogen-bond donors (Lipinski definition) is 0. The van der Waals surface area contributed by atoms with Crippen LogP contribution in [-0.4, -0.2) is 33.1 Å². The zero-order chi connectivity index (χ0) is 17.2. The molecule has 0 unspecified atom stereocenters. The molecule has 132 valence electrons. The maximum Gasteiger partial charge on any atom is 0.240 e. The molecule has 3 heterocycles. The Morgan fingerprint density at radius 2 is 2.00 bits per heavy atom. The van der Waals surface area contributed by atoms with Gasteiger partial charge in [-0.1, -0.05) is 31.1 Å². The van der Waals surface area contributed by atoms with Gasteiger partial charge in [0.15, 0.2) is 5.82 Å². The highest BCUT2D eigenvalue weighted by molar-refractivity contribution is 7.18. The molecular weight excluding hydrogens is 332 g/mol. The Hall–Kier alpha value is -1.79. The summed E-state index contributed by atoms with van der Waals surface area (Å²) in [5.74, 6) is 2.70. The van der Waals surface area contributed by atoms with Crippen molar-refractivity contribution in [2.24, 2.45) is 5.92 Å². The van der Waals surface area contributed by atoms with Crippen LogP contribution in [-0.2, 0) is 13.0 Å². The molecule has 0 N–H and O–H groups in total. The Morgan fingerprint density at radius 3 is 2.76 bits per heavy atom. The first-order valence-electron chi connectivity index (χ1n) is 9.06. The molecule has 1 aliphatic rings. The highest BCUT2D eigenvalue weighted by Gasteiger charge is 2.24. The number of thiazole rings is 1. The van der Waals surface area contributed by atoms with Gasteiger partial charge >= 0.3 is 0 Å². The SMILES string of the molecule is CC(C)Cc1noc(CN2CCC(c3nc4ccccc4s3)CC2)n1. The van der Waals surface area contributed by atoms with Gasteiger partial charge in [-0.15, -0.1) is 11.3 Å². The van der Waals surface area contributed by atoms with Gasteiger partial charge in [-0.2, -0.15) is 4.98 Å². The number of nitrogens with zero attached hydrogens (tertiary/aromatic N) is 4. The first-order chi connectivity index (χ1) is 12.2. The van der Waals surface area contributed by atoms with E-state index in [1.165, 1.54) is 9.71 Å². The predicted octanol–water partition coefficient (Wildman–Crippen LogP) is 4.26. The van der Waals surface area contributed by atoms with E-state index in [0.29, 0.717) is 11.8 Å². The maximum absolute atomic E-state index is 5.41. The van der Waals surface area contributed by atoms with Crippen LogP contribution >= 0.6 is 11.3 Å². The summed E-state index contributed by atoms with van der Waals surface area (Å²) in [6.45, 7) is 7.22. The molecule has 25 heavy (non-hydrogen) atoms. The molecule has 6 heteroatoms. The Balaban J connectivity index is 1.34. The Morgan fingerprint density at radius 1 is 1.20 bits per heavy atom. The molecule has 0 atom stereocenters. The van der Waals surface area contributed by atoms with E-state index in [9.17, 15) is 0 Å². The van der Waals surface area contributed by atoms with E-state index >= 15 is 0 Å². The van der Waals surface area contributed by atoms with E-state index in [0.717, 1.165) is 56.1 Å². The van der Waals surface area contributed by atoms with Crippen LogP contribution in [0.3, 0.4) is 0 Å². The monoisotopic (exact) mass is 356 g/mol. The second kappa shape index (κ2) is 7.22. The molecular formula is C19H24N4OS. The summed E-state index contributed by atoms with van der Waals surface area (Å²) in [5, 5.41) is 5.38. The number of aromatic nitrogens is 3. The molecule has 0 saturated carbocycles. The third kappa shape index (κ3) is 3.90. The molecule has 3 aromatic rings. The summed E-state index contributed by atoms with van der Waals surface area (Å²) in [6, 6.07) is 8.42. The molecule has 2 aromatic heterocycles. The predicted molar refractivity (Wildman–Crippen MR) is 99.7 cm³/mol. The van der Waals surface area contributed by atoms with Crippen molar-refractivity contribution in [2.45, 2.75) is 45.6 Å². The topological polar surface area (TPSA) is 55.1 Å². The van der Waals surface area contributed by atoms with E-state index in [2.05, 4.69) is 53.2 Å². The van der Waals surface area contributed by atoms with E-state index in [4.69, 9.17) is 9.51 Å². The van der Waals surface area contributed by atoms with Gasteiger partial charge in [-0.3, -0.25) is 4.90 Å². The second-order valence-electron chi connectivity index (χ2n) is 7.27. The normalized spacial score (nSPS) is 16.9. The molecule has 1 fully saturated rings. The van der Waals surface area contributed by atoms with Crippen molar-refractivity contribution in [3.8, 4) is 0 Å². The highest BCUT2D eigenvalue weighted by atomic mass is 32.1. The number of benzene rings is 1. The lowest BCUT2D eigenvalue weighted by molar-refractivity contribution is 0.181. The van der Waals surface area contributed by atoms with Gasteiger partial charge in [-0.25, -0.2) is 4.98 Å². The Kier molecular flexibility index (Phi) is 4.81. The molecule has 0 amide bonds. The van der Waals surface area contributed by atoms with Crippen LogP contribution in [0, 0.1) is 5.92 Å². The molecule has 1 saturated heterocycles. The molecule has 4 rings (SSSR count). The van der Waals surface area contributed by atoms with Crippen LogP contribution in [0.2, 0.25) is 0 Å². The highest BCUT2D eigenvalue weighted by Crippen LogP contribution is 2.34. The average molecular weight is 356 g/mol. The fourth-order valence-electron chi connectivity index (χ4n) is 3.40. The van der Waals surface area contributed by atoms with Gasteiger partial charge in [0.05, 0.1) is 21.8 Å². The molecule has 1 aromatic carbocycles. The molecule has 0 radical (unpaired) electrons. The summed E-state index contributed by atoms with van der Waals surface area (Å²) in [4.78, 5) is 11.8. The number of para-hydroxylation sites is 1. The van der Waals surface area contributed by atoms with Crippen molar-refractivity contribution in [3.05, 3.63) is 41.0 Å². The third-order valence-corrected chi connectivity index (χ3v) is 5.91. The zero-order valence-electron chi connectivity index (χ0n) is 14.8. The lowest BCUT2D eigenvalue weighted by atomic mass is 9.97. The minimum Gasteiger partial charge on any atom is -0.338 e. The molecule has 0 spiro atoms. The van der Waals surface area contributed by atoms with Crippen LogP contribution in [0.5, 0.6) is 0 Å². The van der Waals surface area contributed by atoms with Crippen molar-refractivity contribution in [1.82, 2.24) is 20.0 Å². The molecule has 5 nitrogen and oxygen atoms in total. The number of hydrogen-bond acceptors (Lipinski definition) is 6. The van der Waals surface area contributed by atoms with Crippen molar-refractivity contribution < 1.29 is 4.52 Å². The van der Waals surface area contributed by atoms with Gasteiger partial charge in [-0.05, 0) is 44.0 Å². The smallest absolute Gasteiger partial charge is 0.240 e. The summed E-state index contributed by atoms with van der Waals surface area (Å²) in [7, 11) is 0. The van der Waals surface area contributed by atoms with Gasteiger partial charge < -0.3 is 4.52 Å². The fourth-order valence-corrected chi connectivity index (χ4v) is 4.53. The zero-order valence-corrected chi connectivity index (χ0v) is 15.6. The average Bonchev–Trinajstić information content (AvgIpc) is 3.21. The van der Waals surface area contributed by atoms with Crippen molar-refractivity contribution in [3.63, 3.8) is 0 Å². The van der Waals surface area contributed by atoms with Crippen LogP contribution < -0.4 is 0 Å². The van der Waals surface area contributed by atoms with Crippen LogP contribution in [0.25, 0.3) is 10.2 Å². The van der Waals surface area contributed by atoms with E-state index < -0.39 is 0 Å². The quantitative estimate of drug-likeness (QED) is 0.684. The number of piperidine rings is 1. The summed E-state index contributed by atoms with van der Waals surface area (Å²) < 4.78 is 6.70. The van der Waals surface area contributed by atoms with E-state index in [-0.39, 0.29) is 0 Å². The van der Waals surface area contributed by atoms with Gasteiger partial charge in [0.2, 0.25) is 5.89 Å². The van der Waals surface area contributed by atoms with Crippen LogP contribution in [0.15, 0.2) is 28.8 Å². The number of fused-ring (bicyclic) bond motifs is 1. The minimum absolute atomic E-state index is 0.551. The first kappa shape index (κ1) is 16.7. The van der Waals surface area contributed by atoms with Gasteiger partial charge in [0, 0.05) is 12.3 Å². The van der Waals surface area contributed by atoms with E-state index in [1.54, 1.807) is 0 Å². The number of rotatable bonds is 5. The minimum atomic E-state index is 0.551. The standard InChI is InChI=1S/C19H24N4OS/c1-13(2)11-17-21-18(24-22-17)12-23-9-7-14(8-10-23)19-20-15-5-3-4-6-16(15)25-19/h3-6,13-14H,7-12H2,1-2H3. The van der Waals surface area contributed by atoms with Gasteiger partial charge in [0.25, 0.3) is 0 Å². The van der Waals surface area contributed by atoms with Crippen LogP contribution in [0.4, 0.5) is 0 Å². The Labute approximate surface area is 152 Å². The molecule has 0 bridgehead atoms. The van der Waals surface area contributed by atoms with E-state index in [1.807, 2.05) is 11.3 Å². The van der Waals surface area contributed by atoms with Crippen molar-refractivity contribution >= 4 is 21.6 Å². The largest absolute Gasteiger partial charge is 0.338 e. The fraction of sp³-hybridized carbons (Fsp3) is 0.526. The maximum atomic E-state index is 5.41. The first-order valence-corrected chi connectivity index (χ1v) is 9.88. The van der Waals surface area contributed by atoms with Crippen molar-refractivity contribution in [2.75, 3.05) is 13.1 Å². The summed E-state index contributed by atoms with van der Waals surface area (Å²) >= 11 is 1.85. The lowest BCUT2D eigenvalue weighted by Gasteiger charge is -2.29. The second-order valence-corrected chi connectivity index (χ2v) is 8.33. The Bertz CT molecular complexity index is 800. The summed E-state index contributed by atoms with van der Waals surface area (Å²) in [5.41, 5.74) is 1.13.